The molecule has 0 aliphatic heterocycles. The molecule has 0 saturated heterocycles. The van der Waals surface area contributed by atoms with Crippen molar-refractivity contribution in [1.29, 1.82) is 0 Å². The summed E-state index contributed by atoms with van der Waals surface area (Å²) >= 11 is 0. The van der Waals surface area contributed by atoms with Crippen LogP contribution in [0.5, 0.6) is 5.75 Å². The summed E-state index contributed by atoms with van der Waals surface area (Å²) < 4.78 is 0. The first-order chi connectivity index (χ1) is 8.81. The number of aromatic hydroxyl groups is 1. The zero-order valence-corrected chi connectivity index (χ0v) is 12.4. The van der Waals surface area contributed by atoms with Gasteiger partial charge in [-0.1, -0.05) is 13.8 Å². The monoisotopic (exact) mass is 264 g/mol. The van der Waals surface area contributed by atoms with Crippen molar-refractivity contribution in [3.63, 3.8) is 0 Å². The highest BCUT2D eigenvalue weighted by Gasteiger charge is 2.18. The van der Waals surface area contributed by atoms with Gasteiger partial charge < -0.3 is 15.3 Å². The summed E-state index contributed by atoms with van der Waals surface area (Å²) in [6, 6.07) is 4.91. The van der Waals surface area contributed by atoms with E-state index >= 15 is 0 Å². The number of rotatable bonds is 5. The molecule has 1 rings (SSSR count). The molecule has 0 aliphatic carbocycles. The second-order valence-corrected chi connectivity index (χ2v) is 5.59. The fraction of sp³-hybridized carbons (Fsp3) is 0.533. The molecule has 4 heteroatoms. The van der Waals surface area contributed by atoms with Crippen LogP contribution in [-0.4, -0.2) is 42.6 Å². The first-order valence-corrected chi connectivity index (χ1v) is 6.56. The smallest absolute Gasteiger partial charge is 0.251 e. The van der Waals surface area contributed by atoms with E-state index in [4.69, 9.17) is 0 Å². The van der Waals surface area contributed by atoms with E-state index in [-0.39, 0.29) is 17.7 Å². The lowest BCUT2D eigenvalue weighted by atomic mass is 10.0. The number of hydrogen-bond acceptors (Lipinski definition) is 3. The predicted molar refractivity (Wildman–Crippen MR) is 77.5 cm³/mol. The Bertz CT molecular complexity index is 442. The Morgan fingerprint density at radius 1 is 1.37 bits per heavy atom. The van der Waals surface area contributed by atoms with Crippen LogP contribution in [0.3, 0.4) is 0 Å². The van der Waals surface area contributed by atoms with Crippen molar-refractivity contribution in [2.24, 2.45) is 5.92 Å². The number of carbonyl (C=O) groups is 1. The van der Waals surface area contributed by atoms with Crippen LogP contribution in [0.1, 0.15) is 29.8 Å². The molecule has 106 valence electrons. The van der Waals surface area contributed by atoms with E-state index in [2.05, 4.69) is 24.1 Å². The van der Waals surface area contributed by atoms with Crippen LogP contribution in [0, 0.1) is 12.8 Å². The lowest BCUT2D eigenvalue weighted by molar-refractivity contribution is 0.0916. The van der Waals surface area contributed by atoms with E-state index in [9.17, 15) is 9.90 Å². The van der Waals surface area contributed by atoms with Crippen LogP contribution in [-0.2, 0) is 0 Å². The summed E-state index contributed by atoms with van der Waals surface area (Å²) in [4.78, 5) is 14.3. The van der Waals surface area contributed by atoms with Gasteiger partial charge in [-0.05, 0) is 50.7 Å². The van der Waals surface area contributed by atoms with Crippen molar-refractivity contribution >= 4 is 5.91 Å². The van der Waals surface area contributed by atoms with Crippen LogP contribution in [0.15, 0.2) is 18.2 Å². The average Bonchev–Trinajstić information content (AvgIpc) is 2.26. The van der Waals surface area contributed by atoms with E-state index in [0.29, 0.717) is 11.5 Å². The quantitative estimate of drug-likeness (QED) is 0.855. The van der Waals surface area contributed by atoms with E-state index in [1.807, 2.05) is 21.0 Å². The standard InChI is InChI=1S/C15H24N2O2/c1-10(2)14(9-17(4)5)16-15(19)13-7-6-12(18)8-11(13)3/h6-8,10,14,18H,9H2,1-5H3,(H,16,19). The Labute approximate surface area is 115 Å². The molecular weight excluding hydrogens is 240 g/mol. The fourth-order valence-corrected chi connectivity index (χ4v) is 1.97. The molecule has 0 saturated carbocycles. The molecule has 4 nitrogen and oxygen atoms in total. The molecule has 2 N–H and O–H groups in total. The van der Waals surface area contributed by atoms with E-state index in [1.165, 1.54) is 6.07 Å². The molecule has 0 aliphatic rings. The molecule has 0 bridgehead atoms. The minimum absolute atomic E-state index is 0.0851. The molecule has 1 unspecified atom stereocenters. The topological polar surface area (TPSA) is 52.6 Å². The Morgan fingerprint density at radius 3 is 2.47 bits per heavy atom. The first kappa shape index (κ1) is 15.5. The maximum Gasteiger partial charge on any atom is 0.251 e. The van der Waals surface area contributed by atoms with Gasteiger partial charge >= 0.3 is 0 Å². The van der Waals surface area contributed by atoms with Crippen molar-refractivity contribution in [2.75, 3.05) is 20.6 Å². The molecule has 0 radical (unpaired) electrons. The molecule has 1 aromatic carbocycles. The number of nitrogens with zero attached hydrogens (tertiary/aromatic N) is 1. The van der Waals surface area contributed by atoms with Crippen LogP contribution in [0.25, 0.3) is 0 Å². The first-order valence-electron chi connectivity index (χ1n) is 6.56. The van der Waals surface area contributed by atoms with Crippen LogP contribution >= 0.6 is 0 Å². The second kappa shape index (κ2) is 6.57. The Kier molecular flexibility index (Phi) is 5.36. The largest absolute Gasteiger partial charge is 0.508 e. The van der Waals surface area contributed by atoms with Crippen molar-refractivity contribution < 1.29 is 9.90 Å². The van der Waals surface area contributed by atoms with Gasteiger partial charge in [-0.15, -0.1) is 0 Å². The van der Waals surface area contributed by atoms with Gasteiger partial charge in [0.25, 0.3) is 5.91 Å². The van der Waals surface area contributed by atoms with Crippen LogP contribution in [0.4, 0.5) is 0 Å². The summed E-state index contributed by atoms with van der Waals surface area (Å²) in [6.07, 6.45) is 0. The number of benzene rings is 1. The number of hydrogen-bond donors (Lipinski definition) is 2. The van der Waals surface area contributed by atoms with E-state index in [0.717, 1.165) is 12.1 Å². The van der Waals surface area contributed by atoms with Crippen LogP contribution in [0.2, 0.25) is 0 Å². The molecule has 0 fully saturated rings. The maximum absolute atomic E-state index is 12.3. The minimum atomic E-state index is -0.0851. The Balaban J connectivity index is 2.81. The second-order valence-electron chi connectivity index (χ2n) is 5.59. The van der Waals surface area contributed by atoms with Crippen molar-refractivity contribution in [3.8, 4) is 5.75 Å². The zero-order chi connectivity index (χ0) is 14.6. The Morgan fingerprint density at radius 2 is 2.00 bits per heavy atom. The van der Waals surface area contributed by atoms with Gasteiger partial charge in [-0.2, -0.15) is 0 Å². The van der Waals surface area contributed by atoms with Crippen molar-refractivity contribution in [1.82, 2.24) is 10.2 Å². The third-order valence-electron chi connectivity index (χ3n) is 3.14. The van der Waals surface area contributed by atoms with Gasteiger partial charge in [0.15, 0.2) is 0 Å². The van der Waals surface area contributed by atoms with Gasteiger partial charge in [0.1, 0.15) is 5.75 Å². The third kappa shape index (κ3) is 4.56. The van der Waals surface area contributed by atoms with Crippen molar-refractivity contribution in [2.45, 2.75) is 26.8 Å². The number of amides is 1. The van der Waals surface area contributed by atoms with Crippen LogP contribution < -0.4 is 5.32 Å². The number of aryl methyl sites for hydroxylation is 1. The summed E-state index contributed by atoms with van der Waals surface area (Å²) in [5.74, 6) is 0.463. The SMILES string of the molecule is Cc1cc(O)ccc1C(=O)NC(CN(C)C)C(C)C. The zero-order valence-electron chi connectivity index (χ0n) is 12.4. The number of nitrogens with one attached hydrogen (secondary N) is 1. The lowest BCUT2D eigenvalue weighted by Crippen LogP contribution is -2.45. The summed E-state index contributed by atoms with van der Waals surface area (Å²) in [6.45, 7) is 6.82. The maximum atomic E-state index is 12.3. The van der Waals surface area contributed by atoms with Crippen molar-refractivity contribution in [3.05, 3.63) is 29.3 Å². The Hall–Kier alpha value is -1.55. The summed E-state index contributed by atoms with van der Waals surface area (Å²) in [7, 11) is 3.99. The van der Waals surface area contributed by atoms with Gasteiger partial charge in [-0.3, -0.25) is 4.79 Å². The minimum Gasteiger partial charge on any atom is -0.508 e. The van der Waals surface area contributed by atoms with Gasteiger partial charge in [-0.25, -0.2) is 0 Å². The van der Waals surface area contributed by atoms with Gasteiger partial charge in [0.2, 0.25) is 0 Å². The summed E-state index contributed by atoms with van der Waals surface area (Å²) in [5, 5.41) is 12.4. The highest BCUT2D eigenvalue weighted by molar-refractivity contribution is 5.96. The number of carbonyl (C=O) groups excluding carboxylic acids is 1. The molecule has 0 aromatic heterocycles. The molecule has 1 atom stereocenters. The number of phenols is 1. The number of phenolic OH excluding ortho intramolecular Hbond substituents is 1. The van der Waals surface area contributed by atoms with E-state index < -0.39 is 0 Å². The molecule has 0 heterocycles. The highest BCUT2D eigenvalue weighted by atomic mass is 16.3. The third-order valence-corrected chi connectivity index (χ3v) is 3.14. The van der Waals surface area contributed by atoms with Gasteiger partial charge in [0.05, 0.1) is 0 Å². The number of likely N-dealkylation sites (N-methyl/N-ethyl adjacent to an activating group) is 1. The van der Waals surface area contributed by atoms with E-state index in [1.54, 1.807) is 12.1 Å². The fourth-order valence-electron chi connectivity index (χ4n) is 1.97. The van der Waals surface area contributed by atoms with Gasteiger partial charge in [0, 0.05) is 18.2 Å². The molecule has 0 spiro atoms. The molecule has 1 amide bonds. The average molecular weight is 264 g/mol. The predicted octanol–water partition coefficient (Wildman–Crippen LogP) is 2.02. The summed E-state index contributed by atoms with van der Waals surface area (Å²) in [5.41, 5.74) is 1.40. The molecule has 1 aromatic rings. The highest BCUT2D eigenvalue weighted by Crippen LogP contribution is 2.16. The molecular formula is C15H24N2O2. The normalized spacial score (nSPS) is 12.8. The molecule has 19 heavy (non-hydrogen) atoms. The lowest BCUT2D eigenvalue weighted by Gasteiger charge is -2.26.